The van der Waals surface area contributed by atoms with Gasteiger partial charge < -0.3 is 15.3 Å². The summed E-state index contributed by atoms with van der Waals surface area (Å²) in [5.41, 5.74) is -0.0356. The molecule has 1 aromatic carbocycles. The second kappa shape index (κ2) is 5.00. The summed E-state index contributed by atoms with van der Waals surface area (Å²) in [6, 6.07) is 8.79. The first kappa shape index (κ1) is 12.2. The molecule has 0 bridgehead atoms. The van der Waals surface area contributed by atoms with E-state index in [-0.39, 0.29) is 23.7 Å². The van der Waals surface area contributed by atoms with Crippen LogP contribution in [0.2, 0.25) is 0 Å². The lowest BCUT2D eigenvalue weighted by Crippen LogP contribution is -2.26. The number of hydrogen-bond acceptors (Lipinski definition) is 3. The Balaban J connectivity index is 1.86. The highest BCUT2D eigenvalue weighted by Crippen LogP contribution is 2.09. The van der Waals surface area contributed by atoms with E-state index < -0.39 is 0 Å². The molecule has 0 aliphatic carbocycles. The molecule has 2 heterocycles. The maximum Gasteiger partial charge on any atom is 0.268 e. The number of carbonyl (C=O) groups is 1. The zero-order valence-corrected chi connectivity index (χ0v) is 10.5. The number of carbonyl (C=O) groups excluding carboxylic acids is 1. The second-order valence-corrected chi connectivity index (χ2v) is 4.32. The van der Waals surface area contributed by atoms with E-state index in [0.29, 0.717) is 11.2 Å². The third-order valence-corrected chi connectivity index (χ3v) is 2.97. The van der Waals surface area contributed by atoms with Crippen molar-refractivity contribution < 1.29 is 4.79 Å². The maximum atomic E-state index is 12.0. The Morgan fingerprint density at radius 2 is 2.15 bits per heavy atom. The number of aromatic nitrogens is 3. The Hall–Kier alpha value is -2.89. The van der Waals surface area contributed by atoms with Gasteiger partial charge in [0.15, 0.2) is 0 Å². The standard InChI is InChI=1S/C14H12N4O2/c19-13-10-4-2-1-3-9(10)7-11(18-13)14(20)17-8-12-15-5-6-16-12/h1-7H,8H2,(H,15,16)(H,17,20)(H,18,19). The molecule has 0 spiro atoms. The van der Waals surface area contributed by atoms with Crippen molar-refractivity contribution in [3.05, 3.63) is 64.6 Å². The van der Waals surface area contributed by atoms with Crippen LogP contribution in [0, 0.1) is 0 Å². The topological polar surface area (TPSA) is 90.6 Å². The number of nitrogens with zero attached hydrogens (tertiary/aromatic N) is 1. The van der Waals surface area contributed by atoms with Crippen molar-refractivity contribution in [2.45, 2.75) is 6.54 Å². The molecule has 0 radical (unpaired) electrons. The van der Waals surface area contributed by atoms with Gasteiger partial charge in [-0.3, -0.25) is 9.59 Å². The summed E-state index contributed by atoms with van der Waals surface area (Å²) < 4.78 is 0. The predicted molar refractivity (Wildman–Crippen MR) is 74.3 cm³/mol. The lowest BCUT2D eigenvalue weighted by atomic mass is 10.1. The number of amides is 1. The SMILES string of the molecule is O=C(NCc1ncc[nH]1)c1cc2ccccc2c(=O)[nH]1. The van der Waals surface area contributed by atoms with Crippen LogP contribution >= 0.6 is 0 Å². The average Bonchev–Trinajstić information content (AvgIpc) is 2.98. The largest absolute Gasteiger partial charge is 0.347 e. The van der Waals surface area contributed by atoms with Gasteiger partial charge in [0.1, 0.15) is 11.5 Å². The Kier molecular flexibility index (Phi) is 3.04. The molecule has 3 aromatic rings. The molecule has 0 aliphatic heterocycles. The molecule has 6 heteroatoms. The minimum absolute atomic E-state index is 0.236. The van der Waals surface area contributed by atoms with Gasteiger partial charge in [-0.2, -0.15) is 0 Å². The number of H-pyrrole nitrogens is 2. The van der Waals surface area contributed by atoms with E-state index in [1.807, 2.05) is 6.07 Å². The van der Waals surface area contributed by atoms with Gasteiger partial charge in [-0.25, -0.2) is 4.98 Å². The van der Waals surface area contributed by atoms with Crippen LogP contribution in [-0.4, -0.2) is 20.9 Å². The van der Waals surface area contributed by atoms with Crippen molar-refractivity contribution in [1.29, 1.82) is 0 Å². The lowest BCUT2D eigenvalue weighted by Gasteiger charge is -2.04. The average molecular weight is 268 g/mol. The highest BCUT2D eigenvalue weighted by molar-refractivity contribution is 5.96. The molecule has 6 nitrogen and oxygen atoms in total. The molecule has 20 heavy (non-hydrogen) atoms. The van der Waals surface area contributed by atoms with Crippen LogP contribution in [0.25, 0.3) is 10.8 Å². The minimum atomic E-state index is -0.343. The fourth-order valence-corrected chi connectivity index (χ4v) is 1.99. The van der Waals surface area contributed by atoms with Crippen LogP contribution < -0.4 is 10.9 Å². The Morgan fingerprint density at radius 1 is 1.30 bits per heavy atom. The van der Waals surface area contributed by atoms with Crippen LogP contribution in [0.4, 0.5) is 0 Å². The Labute approximate surface area is 113 Å². The molecule has 3 N–H and O–H groups in total. The fourth-order valence-electron chi connectivity index (χ4n) is 1.99. The fraction of sp³-hybridized carbons (Fsp3) is 0.0714. The summed E-state index contributed by atoms with van der Waals surface area (Å²) in [6.07, 6.45) is 3.29. The van der Waals surface area contributed by atoms with Crippen LogP contribution in [0.3, 0.4) is 0 Å². The van der Waals surface area contributed by atoms with Crippen LogP contribution in [-0.2, 0) is 6.54 Å². The number of benzene rings is 1. The normalized spacial score (nSPS) is 10.6. The molecular formula is C14H12N4O2. The summed E-state index contributed by atoms with van der Waals surface area (Å²) in [6.45, 7) is 0.278. The first-order valence-electron chi connectivity index (χ1n) is 6.12. The number of nitrogens with one attached hydrogen (secondary N) is 3. The molecule has 3 rings (SSSR count). The molecule has 0 aliphatic rings. The Bertz CT molecular complexity index is 805. The molecule has 0 fully saturated rings. The molecule has 0 unspecified atom stereocenters. The van der Waals surface area contributed by atoms with E-state index in [0.717, 1.165) is 5.39 Å². The van der Waals surface area contributed by atoms with E-state index in [1.54, 1.807) is 36.7 Å². The van der Waals surface area contributed by atoms with Gasteiger partial charge in [0.25, 0.3) is 11.5 Å². The highest BCUT2D eigenvalue weighted by Gasteiger charge is 2.09. The van der Waals surface area contributed by atoms with Crippen LogP contribution in [0.1, 0.15) is 16.3 Å². The van der Waals surface area contributed by atoms with Crippen molar-refractivity contribution in [3.63, 3.8) is 0 Å². The van der Waals surface area contributed by atoms with E-state index in [9.17, 15) is 9.59 Å². The van der Waals surface area contributed by atoms with E-state index >= 15 is 0 Å². The lowest BCUT2D eigenvalue weighted by molar-refractivity contribution is 0.0945. The van der Waals surface area contributed by atoms with Gasteiger partial charge in [0, 0.05) is 17.8 Å². The predicted octanol–water partition coefficient (Wildman–Crippen LogP) is 1.18. The molecule has 100 valence electrons. The number of fused-ring (bicyclic) bond motifs is 1. The molecular weight excluding hydrogens is 256 g/mol. The number of pyridine rings is 1. The van der Waals surface area contributed by atoms with E-state index in [1.165, 1.54) is 0 Å². The number of imidazole rings is 1. The number of hydrogen-bond donors (Lipinski definition) is 3. The van der Waals surface area contributed by atoms with Crippen molar-refractivity contribution >= 4 is 16.7 Å². The zero-order chi connectivity index (χ0) is 13.9. The van der Waals surface area contributed by atoms with Crippen molar-refractivity contribution in [3.8, 4) is 0 Å². The van der Waals surface area contributed by atoms with Gasteiger partial charge >= 0.3 is 0 Å². The molecule has 1 amide bonds. The summed E-state index contributed by atoms with van der Waals surface area (Å²) in [4.78, 5) is 33.4. The van der Waals surface area contributed by atoms with E-state index in [4.69, 9.17) is 0 Å². The second-order valence-electron chi connectivity index (χ2n) is 4.32. The third-order valence-electron chi connectivity index (χ3n) is 2.97. The van der Waals surface area contributed by atoms with E-state index in [2.05, 4.69) is 20.3 Å². The quantitative estimate of drug-likeness (QED) is 0.666. The molecule has 0 atom stereocenters. The van der Waals surface area contributed by atoms with Gasteiger partial charge in [0.05, 0.1) is 6.54 Å². The van der Waals surface area contributed by atoms with Gasteiger partial charge in [-0.1, -0.05) is 18.2 Å². The Morgan fingerprint density at radius 3 is 2.95 bits per heavy atom. The first-order valence-corrected chi connectivity index (χ1v) is 6.12. The molecule has 2 aromatic heterocycles. The van der Waals surface area contributed by atoms with Gasteiger partial charge in [-0.15, -0.1) is 0 Å². The minimum Gasteiger partial charge on any atom is -0.347 e. The van der Waals surface area contributed by atoms with Crippen molar-refractivity contribution in [2.24, 2.45) is 0 Å². The summed E-state index contributed by atoms with van der Waals surface area (Å²) in [7, 11) is 0. The maximum absolute atomic E-state index is 12.0. The highest BCUT2D eigenvalue weighted by atomic mass is 16.2. The third kappa shape index (κ3) is 2.31. The smallest absolute Gasteiger partial charge is 0.268 e. The monoisotopic (exact) mass is 268 g/mol. The van der Waals surface area contributed by atoms with Crippen molar-refractivity contribution in [1.82, 2.24) is 20.3 Å². The van der Waals surface area contributed by atoms with Crippen molar-refractivity contribution in [2.75, 3.05) is 0 Å². The number of rotatable bonds is 3. The first-order chi connectivity index (χ1) is 9.74. The van der Waals surface area contributed by atoms with Gasteiger partial charge in [0.2, 0.25) is 0 Å². The number of aromatic amines is 2. The van der Waals surface area contributed by atoms with Crippen LogP contribution in [0.15, 0.2) is 47.5 Å². The van der Waals surface area contributed by atoms with Crippen LogP contribution in [0.5, 0.6) is 0 Å². The summed E-state index contributed by atoms with van der Waals surface area (Å²) >= 11 is 0. The molecule has 0 saturated carbocycles. The zero-order valence-electron chi connectivity index (χ0n) is 10.5. The molecule has 0 saturated heterocycles. The summed E-state index contributed by atoms with van der Waals surface area (Å²) in [5, 5.41) is 3.99. The van der Waals surface area contributed by atoms with Gasteiger partial charge in [-0.05, 0) is 17.5 Å². The summed E-state index contributed by atoms with van der Waals surface area (Å²) in [5.74, 6) is 0.311.